The molecule has 0 aliphatic carbocycles. The van der Waals surface area contributed by atoms with E-state index < -0.39 is 5.97 Å². The Labute approximate surface area is 170 Å². The van der Waals surface area contributed by atoms with Crippen LogP contribution in [0.4, 0.5) is 5.69 Å². The molecule has 0 aromatic heterocycles. The van der Waals surface area contributed by atoms with Gasteiger partial charge in [-0.3, -0.25) is 14.5 Å². The lowest BCUT2D eigenvalue weighted by Crippen LogP contribution is -2.30. The van der Waals surface area contributed by atoms with Gasteiger partial charge in [-0.15, -0.1) is 0 Å². The minimum Gasteiger partial charge on any atom is -0.481 e. The van der Waals surface area contributed by atoms with E-state index in [-0.39, 0.29) is 18.0 Å². The van der Waals surface area contributed by atoms with Crippen LogP contribution in [0.1, 0.15) is 12.0 Å². The predicted molar refractivity (Wildman–Crippen MR) is 111 cm³/mol. The number of carbonyl (C=O) groups excluding carboxylic acids is 1. The number of carboxylic acid groups (broad SMARTS) is 1. The molecule has 0 saturated heterocycles. The van der Waals surface area contributed by atoms with E-state index in [0.29, 0.717) is 32.2 Å². The van der Waals surface area contributed by atoms with Crippen LogP contribution in [0.25, 0.3) is 6.08 Å². The number of hydrogen-bond acceptors (Lipinski definition) is 4. The van der Waals surface area contributed by atoms with E-state index >= 15 is 0 Å². The Hall–Kier alpha value is -2.28. The summed E-state index contributed by atoms with van der Waals surface area (Å²) in [5.41, 5.74) is 1.45. The van der Waals surface area contributed by atoms with E-state index in [1.807, 2.05) is 18.2 Å². The van der Waals surface area contributed by atoms with E-state index in [9.17, 15) is 9.59 Å². The minimum atomic E-state index is -0.903. The van der Waals surface area contributed by atoms with Crippen LogP contribution in [0.15, 0.2) is 59.2 Å². The summed E-state index contributed by atoms with van der Waals surface area (Å²) >= 11 is 13.5. The summed E-state index contributed by atoms with van der Waals surface area (Å²) in [5.74, 6) is -0.911. The monoisotopic (exact) mass is 420 g/mol. The van der Waals surface area contributed by atoms with Crippen molar-refractivity contribution >= 4 is 63.8 Å². The second-order valence-corrected chi connectivity index (χ2v) is 7.38. The standard InChI is InChI=1S/C19H14Cl2N2O3S/c20-14-8-4-5-12(17(14)21)11-15-18(26)23(13-6-2-1-3-7-13)19(22-15)27-10-9-16(24)25/h1-8,11H,9-10H2,(H,24,25)/b15-11-. The van der Waals surface area contributed by atoms with Crippen molar-refractivity contribution in [3.05, 3.63) is 69.8 Å². The molecule has 2 aromatic carbocycles. The highest BCUT2D eigenvalue weighted by atomic mass is 35.5. The van der Waals surface area contributed by atoms with Crippen LogP contribution in [0.3, 0.4) is 0 Å². The summed E-state index contributed by atoms with van der Waals surface area (Å²) in [6.07, 6.45) is 1.55. The van der Waals surface area contributed by atoms with Gasteiger partial charge in [0.05, 0.1) is 22.2 Å². The lowest BCUT2D eigenvalue weighted by Gasteiger charge is -2.17. The van der Waals surface area contributed by atoms with Crippen molar-refractivity contribution < 1.29 is 14.7 Å². The third kappa shape index (κ3) is 4.53. The van der Waals surface area contributed by atoms with Gasteiger partial charge in [-0.2, -0.15) is 0 Å². The van der Waals surface area contributed by atoms with Crippen LogP contribution in [0.2, 0.25) is 10.0 Å². The fourth-order valence-corrected chi connectivity index (χ4v) is 3.71. The van der Waals surface area contributed by atoms with E-state index in [4.69, 9.17) is 28.3 Å². The third-order valence-electron chi connectivity index (χ3n) is 3.66. The third-order valence-corrected chi connectivity index (χ3v) is 5.44. The summed E-state index contributed by atoms with van der Waals surface area (Å²) in [4.78, 5) is 29.6. The normalized spacial score (nSPS) is 15.3. The number of aliphatic carboxylic acids is 1. The molecule has 5 nitrogen and oxygen atoms in total. The van der Waals surface area contributed by atoms with Crippen LogP contribution in [0, 0.1) is 0 Å². The summed E-state index contributed by atoms with van der Waals surface area (Å²) < 4.78 is 0. The molecule has 0 fully saturated rings. The van der Waals surface area contributed by atoms with Gasteiger partial charge < -0.3 is 5.11 Å². The van der Waals surface area contributed by atoms with Gasteiger partial charge in [0.25, 0.3) is 5.91 Å². The first-order chi connectivity index (χ1) is 13.0. The maximum Gasteiger partial charge on any atom is 0.304 e. The summed E-state index contributed by atoms with van der Waals surface area (Å²) in [7, 11) is 0. The molecule has 27 heavy (non-hydrogen) atoms. The molecular formula is C19H14Cl2N2O3S. The average Bonchev–Trinajstić information content (AvgIpc) is 2.95. The quantitative estimate of drug-likeness (QED) is 0.694. The SMILES string of the molecule is O=C(O)CCSC1=N/C(=C\c2cccc(Cl)c2Cl)C(=O)N1c1ccccc1. The van der Waals surface area contributed by atoms with Gasteiger partial charge in [0.15, 0.2) is 5.17 Å². The summed E-state index contributed by atoms with van der Waals surface area (Å²) in [5, 5.41) is 10.0. The molecule has 0 bridgehead atoms. The van der Waals surface area contributed by atoms with Crippen molar-refractivity contribution in [1.82, 2.24) is 0 Å². The number of benzene rings is 2. The highest BCUT2D eigenvalue weighted by Gasteiger charge is 2.32. The number of amides is 1. The zero-order valence-corrected chi connectivity index (χ0v) is 16.3. The molecule has 0 saturated carbocycles. The Kier molecular flexibility index (Phi) is 6.21. The van der Waals surface area contributed by atoms with E-state index in [2.05, 4.69) is 4.99 Å². The molecule has 1 aliphatic heterocycles. The molecule has 0 unspecified atom stereocenters. The Morgan fingerprint density at radius 1 is 1.15 bits per heavy atom. The number of para-hydroxylation sites is 1. The fraction of sp³-hybridized carbons (Fsp3) is 0.105. The maximum atomic E-state index is 13.0. The van der Waals surface area contributed by atoms with Gasteiger partial charge in [0, 0.05) is 5.75 Å². The lowest BCUT2D eigenvalue weighted by molar-refractivity contribution is -0.136. The Bertz CT molecular complexity index is 945. The van der Waals surface area contributed by atoms with Crippen LogP contribution < -0.4 is 4.90 Å². The first-order valence-electron chi connectivity index (χ1n) is 7.96. The average molecular weight is 421 g/mol. The zero-order chi connectivity index (χ0) is 19.4. The lowest BCUT2D eigenvalue weighted by atomic mass is 10.2. The number of anilines is 1. The van der Waals surface area contributed by atoms with Gasteiger partial charge in [-0.25, -0.2) is 4.99 Å². The smallest absolute Gasteiger partial charge is 0.304 e. The van der Waals surface area contributed by atoms with E-state index in [1.54, 1.807) is 36.4 Å². The number of thioether (sulfide) groups is 1. The number of hydrogen-bond donors (Lipinski definition) is 1. The maximum absolute atomic E-state index is 13.0. The second-order valence-electron chi connectivity index (χ2n) is 5.54. The number of carboxylic acids is 1. The number of rotatable bonds is 5. The largest absolute Gasteiger partial charge is 0.481 e. The Morgan fingerprint density at radius 3 is 2.59 bits per heavy atom. The molecule has 2 aromatic rings. The van der Waals surface area contributed by atoms with Gasteiger partial charge in [0.1, 0.15) is 5.70 Å². The molecule has 3 rings (SSSR count). The molecule has 0 radical (unpaired) electrons. The van der Waals surface area contributed by atoms with E-state index in [1.165, 1.54) is 16.7 Å². The van der Waals surface area contributed by atoms with Crippen molar-refractivity contribution in [2.45, 2.75) is 6.42 Å². The van der Waals surface area contributed by atoms with Gasteiger partial charge in [-0.05, 0) is 29.8 Å². The van der Waals surface area contributed by atoms with Crippen molar-refractivity contribution in [2.24, 2.45) is 4.99 Å². The predicted octanol–water partition coefficient (Wildman–Crippen LogP) is 4.95. The van der Waals surface area contributed by atoms with Gasteiger partial charge in [-0.1, -0.05) is 65.3 Å². The molecule has 1 amide bonds. The molecular weight excluding hydrogens is 407 g/mol. The van der Waals surface area contributed by atoms with Gasteiger partial charge >= 0.3 is 5.97 Å². The molecule has 8 heteroatoms. The van der Waals surface area contributed by atoms with E-state index in [0.717, 1.165) is 0 Å². The topological polar surface area (TPSA) is 70.0 Å². The molecule has 0 spiro atoms. The highest BCUT2D eigenvalue weighted by molar-refractivity contribution is 8.14. The van der Waals surface area contributed by atoms with Crippen molar-refractivity contribution in [3.63, 3.8) is 0 Å². The Morgan fingerprint density at radius 2 is 1.89 bits per heavy atom. The van der Waals surface area contributed by atoms with Crippen LogP contribution in [-0.2, 0) is 9.59 Å². The number of halogens is 2. The number of carbonyl (C=O) groups is 2. The van der Waals surface area contributed by atoms with Crippen LogP contribution in [0.5, 0.6) is 0 Å². The fourth-order valence-electron chi connectivity index (χ4n) is 2.41. The van der Waals surface area contributed by atoms with Crippen molar-refractivity contribution in [1.29, 1.82) is 0 Å². The first kappa shape index (κ1) is 19.5. The van der Waals surface area contributed by atoms with Crippen molar-refractivity contribution in [2.75, 3.05) is 10.7 Å². The van der Waals surface area contributed by atoms with Crippen molar-refractivity contribution in [3.8, 4) is 0 Å². The molecule has 138 valence electrons. The number of nitrogens with zero attached hydrogens (tertiary/aromatic N) is 2. The molecule has 1 aliphatic rings. The van der Waals surface area contributed by atoms with Gasteiger partial charge in [0.2, 0.25) is 0 Å². The number of amidine groups is 1. The number of aliphatic imine (C=N–C) groups is 1. The van der Waals surface area contributed by atoms with Crippen LogP contribution >= 0.6 is 35.0 Å². The first-order valence-corrected chi connectivity index (χ1v) is 9.70. The highest BCUT2D eigenvalue weighted by Crippen LogP contribution is 2.32. The summed E-state index contributed by atoms with van der Waals surface area (Å²) in [6.45, 7) is 0. The minimum absolute atomic E-state index is 0.0281. The summed E-state index contributed by atoms with van der Waals surface area (Å²) in [6, 6.07) is 14.2. The molecule has 1 N–H and O–H groups in total. The molecule has 1 heterocycles. The Balaban J connectivity index is 1.96. The second kappa shape index (κ2) is 8.61. The zero-order valence-electron chi connectivity index (χ0n) is 13.9. The van der Waals surface area contributed by atoms with Crippen LogP contribution in [-0.4, -0.2) is 27.9 Å². The molecule has 0 atom stereocenters.